The van der Waals surface area contributed by atoms with Crippen LogP contribution in [-0.4, -0.2) is 26.0 Å². The minimum absolute atomic E-state index is 0.0128. The minimum atomic E-state index is -1.01. The molecule has 0 aliphatic rings. The Morgan fingerprint density at radius 3 is 2.67 bits per heavy atom. The highest BCUT2D eigenvalue weighted by atomic mass is 79.9. The van der Waals surface area contributed by atoms with Gasteiger partial charge in [0.15, 0.2) is 5.82 Å². The smallest absolute Gasteiger partial charge is 0.339 e. The van der Waals surface area contributed by atoms with Crippen molar-refractivity contribution >= 4 is 34.1 Å². The highest BCUT2D eigenvalue weighted by Gasteiger charge is 2.15. The number of hydrogen-bond acceptors (Lipinski definition) is 4. The first-order valence-corrected chi connectivity index (χ1v) is 7.15. The van der Waals surface area contributed by atoms with Gasteiger partial charge in [0.1, 0.15) is 0 Å². The number of nitrogens with zero attached hydrogens (tertiary/aromatic N) is 3. The molecule has 1 N–H and O–H groups in total. The van der Waals surface area contributed by atoms with Gasteiger partial charge in [0.2, 0.25) is 0 Å². The van der Waals surface area contributed by atoms with Crippen LogP contribution in [-0.2, 0) is 0 Å². The van der Waals surface area contributed by atoms with Crippen LogP contribution in [0.1, 0.15) is 47.2 Å². The lowest BCUT2D eigenvalue weighted by Crippen LogP contribution is -2.08. The first-order valence-electron chi connectivity index (χ1n) is 6.36. The van der Waals surface area contributed by atoms with Crippen molar-refractivity contribution in [3.63, 3.8) is 0 Å². The molecule has 2 aromatic heterocycles. The van der Waals surface area contributed by atoms with Gasteiger partial charge in [-0.25, -0.2) is 14.8 Å². The molecule has 0 amide bonds. The van der Waals surface area contributed by atoms with E-state index in [2.05, 4.69) is 30.9 Å². The van der Waals surface area contributed by atoms with Crippen LogP contribution in [0.15, 0.2) is 29.1 Å². The minimum Gasteiger partial charge on any atom is -0.478 e. The van der Waals surface area contributed by atoms with Crippen LogP contribution in [0.4, 0.5) is 0 Å². The standard InChI is InChI=1S/C15H14BrN3O2/c1-9(2)14-12(15(20)21)8-18-13(19-14)4-3-10-5-11(16)7-17-6-10/h3-9H,1-2H3,(H,20,21)/b4-3+. The second kappa shape index (κ2) is 6.58. The second-order valence-electron chi connectivity index (χ2n) is 4.76. The molecule has 0 saturated heterocycles. The second-order valence-corrected chi connectivity index (χ2v) is 5.67. The van der Waals surface area contributed by atoms with Gasteiger partial charge in [-0.2, -0.15) is 0 Å². The summed E-state index contributed by atoms with van der Waals surface area (Å²) in [4.78, 5) is 23.6. The Bertz CT molecular complexity index is 699. The van der Waals surface area contributed by atoms with Gasteiger partial charge in [0.25, 0.3) is 0 Å². The molecule has 2 heterocycles. The van der Waals surface area contributed by atoms with Crippen LogP contribution in [0, 0.1) is 0 Å². The normalized spacial score (nSPS) is 11.2. The fourth-order valence-electron chi connectivity index (χ4n) is 1.78. The molecule has 0 aliphatic carbocycles. The summed E-state index contributed by atoms with van der Waals surface area (Å²) in [5, 5.41) is 9.13. The molecule has 0 atom stereocenters. The van der Waals surface area contributed by atoms with E-state index in [0.29, 0.717) is 11.5 Å². The SMILES string of the molecule is CC(C)c1nc(/C=C/c2cncc(Br)c2)ncc1C(=O)O. The topological polar surface area (TPSA) is 76.0 Å². The van der Waals surface area contributed by atoms with Crippen LogP contribution in [0.3, 0.4) is 0 Å². The summed E-state index contributed by atoms with van der Waals surface area (Å²) in [7, 11) is 0. The summed E-state index contributed by atoms with van der Waals surface area (Å²) in [5.74, 6) is -0.520. The van der Waals surface area contributed by atoms with E-state index < -0.39 is 5.97 Å². The summed E-state index contributed by atoms with van der Waals surface area (Å²) in [6, 6.07) is 1.92. The van der Waals surface area contributed by atoms with Crippen LogP contribution < -0.4 is 0 Å². The Morgan fingerprint density at radius 1 is 1.29 bits per heavy atom. The predicted octanol–water partition coefficient (Wildman–Crippen LogP) is 3.63. The van der Waals surface area contributed by atoms with E-state index in [4.69, 9.17) is 5.11 Å². The Labute approximate surface area is 130 Å². The van der Waals surface area contributed by atoms with Crippen molar-refractivity contribution in [1.29, 1.82) is 0 Å². The van der Waals surface area contributed by atoms with Gasteiger partial charge < -0.3 is 5.11 Å². The number of rotatable bonds is 4. The molecule has 2 rings (SSSR count). The van der Waals surface area contributed by atoms with Crippen molar-refractivity contribution in [2.45, 2.75) is 19.8 Å². The van der Waals surface area contributed by atoms with Gasteiger partial charge in [-0.15, -0.1) is 0 Å². The van der Waals surface area contributed by atoms with E-state index in [1.54, 1.807) is 18.5 Å². The van der Waals surface area contributed by atoms with Crippen molar-refractivity contribution in [3.05, 3.63) is 51.8 Å². The number of aromatic carboxylic acids is 1. The van der Waals surface area contributed by atoms with E-state index in [1.165, 1.54) is 6.20 Å². The Morgan fingerprint density at radius 2 is 2.05 bits per heavy atom. The molecule has 0 unspecified atom stereocenters. The van der Waals surface area contributed by atoms with E-state index in [9.17, 15) is 4.79 Å². The molecule has 5 nitrogen and oxygen atoms in total. The molecule has 0 fully saturated rings. The van der Waals surface area contributed by atoms with Crippen LogP contribution >= 0.6 is 15.9 Å². The maximum absolute atomic E-state index is 11.1. The van der Waals surface area contributed by atoms with Gasteiger partial charge in [-0.1, -0.05) is 13.8 Å². The third-order valence-electron chi connectivity index (χ3n) is 2.77. The quantitative estimate of drug-likeness (QED) is 0.913. The fraction of sp³-hybridized carbons (Fsp3) is 0.200. The Hall–Kier alpha value is -2.08. The van der Waals surface area contributed by atoms with Gasteiger partial charge in [0.05, 0.1) is 11.3 Å². The lowest BCUT2D eigenvalue weighted by atomic mass is 10.1. The summed E-state index contributed by atoms with van der Waals surface area (Å²) < 4.78 is 0.884. The summed E-state index contributed by atoms with van der Waals surface area (Å²) in [6.07, 6.45) is 8.34. The largest absolute Gasteiger partial charge is 0.478 e. The number of halogens is 1. The van der Waals surface area contributed by atoms with E-state index in [0.717, 1.165) is 10.0 Å². The van der Waals surface area contributed by atoms with Crippen LogP contribution in [0.5, 0.6) is 0 Å². The number of carboxylic acid groups (broad SMARTS) is 1. The van der Waals surface area contributed by atoms with E-state index in [-0.39, 0.29) is 11.5 Å². The van der Waals surface area contributed by atoms with Gasteiger partial charge >= 0.3 is 5.97 Å². The summed E-state index contributed by atoms with van der Waals surface area (Å²) >= 11 is 3.35. The highest BCUT2D eigenvalue weighted by Crippen LogP contribution is 2.18. The van der Waals surface area contributed by atoms with Gasteiger partial charge in [-0.3, -0.25) is 4.98 Å². The van der Waals surface area contributed by atoms with Gasteiger partial charge in [0, 0.05) is 23.1 Å². The van der Waals surface area contributed by atoms with Crippen molar-refractivity contribution in [2.24, 2.45) is 0 Å². The first-order chi connectivity index (χ1) is 9.97. The maximum atomic E-state index is 11.1. The Kier molecular flexibility index (Phi) is 4.80. The first kappa shape index (κ1) is 15.3. The number of carboxylic acids is 1. The van der Waals surface area contributed by atoms with Crippen molar-refractivity contribution in [3.8, 4) is 0 Å². The monoisotopic (exact) mass is 347 g/mol. The van der Waals surface area contributed by atoms with Gasteiger partial charge in [-0.05, 0) is 45.6 Å². The maximum Gasteiger partial charge on any atom is 0.339 e. The van der Waals surface area contributed by atoms with E-state index >= 15 is 0 Å². The molecular formula is C15H14BrN3O2. The molecule has 21 heavy (non-hydrogen) atoms. The Balaban J connectivity index is 2.33. The van der Waals surface area contributed by atoms with Crippen molar-refractivity contribution < 1.29 is 9.90 Å². The number of pyridine rings is 1. The number of hydrogen-bond donors (Lipinski definition) is 1. The molecule has 0 aromatic carbocycles. The van der Waals surface area contributed by atoms with Crippen molar-refractivity contribution in [1.82, 2.24) is 15.0 Å². The average molecular weight is 348 g/mol. The zero-order valence-corrected chi connectivity index (χ0v) is 13.2. The molecule has 108 valence electrons. The van der Waals surface area contributed by atoms with E-state index in [1.807, 2.05) is 26.0 Å². The molecule has 0 spiro atoms. The molecule has 0 radical (unpaired) electrons. The zero-order chi connectivity index (χ0) is 15.4. The van der Waals surface area contributed by atoms with Crippen LogP contribution in [0.2, 0.25) is 0 Å². The molecular weight excluding hydrogens is 334 g/mol. The molecule has 0 saturated carbocycles. The fourth-order valence-corrected chi connectivity index (χ4v) is 2.17. The summed E-state index contributed by atoms with van der Waals surface area (Å²) in [5.41, 5.74) is 1.58. The van der Waals surface area contributed by atoms with Crippen molar-refractivity contribution in [2.75, 3.05) is 0 Å². The average Bonchev–Trinajstić information content (AvgIpc) is 2.44. The molecule has 2 aromatic rings. The lowest BCUT2D eigenvalue weighted by Gasteiger charge is -2.08. The zero-order valence-electron chi connectivity index (χ0n) is 11.6. The predicted molar refractivity (Wildman–Crippen MR) is 83.9 cm³/mol. The number of carbonyl (C=O) groups is 1. The molecule has 0 aliphatic heterocycles. The summed E-state index contributed by atoms with van der Waals surface area (Å²) in [6.45, 7) is 3.81. The van der Waals surface area contributed by atoms with Crippen LogP contribution in [0.25, 0.3) is 12.2 Å². The third-order valence-corrected chi connectivity index (χ3v) is 3.20. The highest BCUT2D eigenvalue weighted by molar-refractivity contribution is 9.10. The number of aromatic nitrogens is 3. The lowest BCUT2D eigenvalue weighted by molar-refractivity contribution is 0.0694. The molecule has 6 heteroatoms. The third kappa shape index (κ3) is 3.95. The molecule has 0 bridgehead atoms.